The van der Waals surface area contributed by atoms with E-state index in [1.807, 2.05) is 43.4 Å². The number of carbonyl (C=O) groups excluding carboxylic acids is 1. The second-order valence-corrected chi connectivity index (χ2v) is 4.30. The maximum absolute atomic E-state index is 11.9. The van der Waals surface area contributed by atoms with E-state index in [2.05, 4.69) is 10.3 Å². The molecule has 0 aliphatic heterocycles. The van der Waals surface area contributed by atoms with Crippen LogP contribution >= 0.6 is 0 Å². The number of aryl methyl sites for hydroxylation is 1. The van der Waals surface area contributed by atoms with E-state index in [-0.39, 0.29) is 11.9 Å². The van der Waals surface area contributed by atoms with Gasteiger partial charge < -0.3 is 9.72 Å². The molecule has 0 bridgehead atoms. The lowest BCUT2D eigenvalue weighted by Crippen LogP contribution is -2.32. The Hall–Kier alpha value is -1.84. The largest absolute Gasteiger partial charge is 0.348 e. The maximum Gasteiger partial charge on any atom is 0.271 e. The lowest BCUT2D eigenvalue weighted by Gasteiger charge is -2.09. The monoisotopic (exact) mass is 231 g/mol. The number of nitrogens with one attached hydrogen (secondary N) is 1. The molecule has 4 nitrogen and oxygen atoms in total. The number of pyridine rings is 1. The number of imidazole rings is 1. The predicted molar refractivity (Wildman–Crippen MR) is 67.1 cm³/mol. The lowest BCUT2D eigenvalue weighted by molar-refractivity contribution is 0.0935. The van der Waals surface area contributed by atoms with Gasteiger partial charge in [0.1, 0.15) is 11.3 Å². The van der Waals surface area contributed by atoms with Gasteiger partial charge in [0.2, 0.25) is 0 Å². The van der Waals surface area contributed by atoms with Gasteiger partial charge in [0.25, 0.3) is 5.91 Å². The van der Waals surface area contributed by atoms with Gasteiger partial charge in [0.15, 0.2) is 0 Å². The fraction of sp³-hybridized carbons (Fsp3) is 0.385. The van der Waals surface area contributed by atoms with E-state index in [0.717, 1.165) is 17.8 Å². The third-order valence-corrected chi connectivity index (χ3v) is 2.92. The highest BCUT2D eigenvalue weighted by atomic mass is 16.1. The van der Waals surface area contributed by atoms with Crippen LogP contribution in [0.25, 0.3) is 5.65 Å². The highest BCUT2D eigenvalue weighted by Gasteiger charge is 2.12. The van der Waals surface area contributed by atoms with E-state index in [0.29, 0.717) is 5.69 Å². The minimum Gasteiger partial charge on any atom is -0.348 e. The molecule has 0 fully saturated rings. The molecule has 2 rings (SSSR count). The lowest BCUT2D eigenvalue weighted by atomic mass is 10.2. The molecular weight excluding hydrogens is 214 g/mol. The fourth-order valence-corrected chi connectivity index (χ4v) is 1.66. The normalized spacial score (nSPS) is 12.6. The van der Waals surface area contributed by atoms with E-state index in [9.17, 15) is 4.79 Å². The molecule has 0 saturated heterocycles. The molecule has 17 heavy (non-hydrogen) atoms. The molecule has 2 aromatic rings. The third kappa shape index (κ3) is 2.30. The Labute approximate surface area is 101 Å². The number of fused-ring (bicyclic) bond motifs is 1. The quantitative estimate of drug-likeness (QED) is 0.880. The van der Waals surface area contributed by atoms with E-state index < -0.39 is 0 Å². The summed E-state index contributed by atoms with van der Waals surface area (Å²) >= 11 is 0. The predicted octanol–water partition coefficient (Wildman–Crippen LogP) is 2.17. The molecule has 1 N–H and O–H groups in total. The van der Waals surface area contributed by atoms with Crippen LogP contribution in [0.2, 0.25) is 0 Å². The zero-order valence-electron chi connectivity index (χ0n) is 10.4. The van der Waals surface area contributed by atoms with E-state index in [4.69, 9.17) is 0 Å². The Kier molecular flexibility index (Phi) is 3.13. The first-order valence-electron chi connectivity index (χ1n) is 5.87. The molecule has 0 aliphatic carbocycles. The van der Waals surface area contributed by atoms with Crippen LogP contribution < -0.4 is 5.32 Å². The maximum atomic E-state index is 11.9. The van der Waals surface area contributed by atoms with Crippen molar-refractivity contribution in [2.75, 3.05) is 0 Å². The SMILES string of the molecule is CCC(C)NC(=O)c1cn2c(C)cccc2n1. The van der Waals surface area contributed by atoms with Crippen LogP contribution in [-0.4, -0.2) is 21.3 Å². The van der Waals surface area contributed by atoms with Gasteiger partial charge in [0.05, 0.1) is 0 Å². The summed E-state index contributed by atoms with van der Waals surface area (Å²) in [6.07, 6.45) is 2.69. The van der Waals surface area contributed by atoms with Crippen molar-refractivity contribution in [1.82, 2.24) is 14.7 Å². The molecule has 0 radical (unpaired) electrons. The van der Waals surface area contributed by atoms with Crippen LogP contribution in [0.1, 0.15) is 36.5 Å². The Bertz CT molecular complexity index is 545. The van der Waals surface area contributed by atoms with Gasteiger partial charge in [-0.3, -0.25) is 4.79 Å². The second kappa shape index (κ2) is 4.57. The topological polar surface area (TPSA) is 46.4 Å². The van der Waals surface area contributed by atoms with Gasteiger partial charge in [-0.25, -0.2) is 4.98 Å². The first-order chi connectivity index (χ1) is 8.11. The zero-order valence-corrected chi connectivity index (χ0v) is 10.4. The van der Waals surface area contributed by atoms with Crippen molar-refractivity contribution in [2.24, 2.45) is 0 Å². The molecule has 90 valence electrons. The average molecular weight is 231 g/mol. The summed E-state index contributed by atoms with van der Waals surface area (Å²) in [6, 6.07) is 6.00. The summed E-state index contributed by atoms with van der Waals surface area (Å²) in [5.74, 6) is -0.109. The van der Waals surface area contributed by atoms with Crippen molar-refractivity contribution in [3.63, 3.8) is 0 Å². The molecule has 2 aromatic heterocycles. The minimum absolute atomic E-state index is 0.109. The molecule has 0 aliphatic rings. The van der Waals surface area contributed by atoms with Gasteiger partial charge in [-0.05, 0) is 32.4 Å². The Balaban J connectivity index is 2.30. The first-order valence-corrected chi connectivity index (χ1v) is 5.87. The standard InChI is InChI=1S/C13H17N3O/c1-4-9(2)14-13(17)11-8-16-10(3)6-5-7-12(16)15-11/h5-9H,4H2,1-3H3,(H,14,17). The Morgan fingerprint density at radius 3 is 2.94 bits per heavy atom. The van der Waals surface area contributed by atoms with Gasteiger partial charge in [-0.1, -0.05) is 13.0 Å². The van der Waals surface area contributed by atoms with E-state index in [1.165, 1.54) is 0 Å². The van der Waals surface area contributed by atoms with Gasteiger partial charge in [-0.2, -0.15) is 0 Å². The summed E-state index contributed by atoms with van der Waals surface area (Å²) in [6.45, 7) is 6.02. The molecule has 0 aromatic carbocycles. The molecule has 1 atom stereocenters. The number of rotatable bonds is 3. The fourth-order valence-electron chi connectivity index (χ4n) is 1.66. The summed E-state index contributed by atoms with van der Waals surface area (Å²) < 4.78 is 1.92. The summed E-state index contributed by atoms with van der Waals surface area (Å²) in [4.78, 5) is 16.2. The zero-order chi connectivity index (χ0) is 12.4. The van der Waals surface area contributed by atoms with Gasteiger partial charge in [0, 0.05) is 17.9 Å². The molecule has 2 heterocycles. The van der Waals surface area contributed by atoms with Gasteiger partial charge >= 0.3 is 0 Å². The average Bonchev–Trinajstić information content (AvgIpc) is 2.74. The number of hydrogen-bond acceptors (Lipinski definition) is 2. The Morgan fingerprint density at radius 2 is 2.29 bits per heavy atom. The van der Waals surface area contributed by atoms with Crippen LogP contribution in [0.4, 0.5) is 0 Å². The summed E-state index contributed by atoms with van der Waals surface area (Å²) in [5, 5.41) is 2.91. The number of carbonyl (C=O) groups is 1. The molecule has 0 saturated carbocycles. The van der Waals surface area contributed by atoms with Crippen LogP contribution in [0.3, 0.4) is 0 Å². The molecular formula is C13H17N3O. The minimum atomic E-state index is -0.109. The highest BCUT2D eigenvalue weighted by Crippen LogP contribution is 2.08. The van der Waals surface area contributed by atoms with Gasteiger partial charge in [-0.15, -0.1) is 0 Å². The van der Waals surface area contributed by atoms with E-state index in [1.54, 1.807) is 6.20 Å². The van der Waals surface area contributed by atoms with Crippen LogP contribution in [0.15, 0.2) is 24.4 Å². The van der Waals surface area contributed by atoms with E-state index >= 15 is 0 Å². The van der Waals surface area contributed by atoms with Crippen molar-refractivity contribution in [2.45, 2.75) is 33.2 Å². The van der Waals surface area contributed by atoms with Crippen molar-refractivity contribution >= 4 is 11.6 Å². The summed E-state index contributed by atoms with van der Waals surface area (Å²) in [5.41, 5.74) is 2.34. The number of amides is 1. The van der Waals surface area contributed by atoms with Crippen LogP contribution in [0.5, 0.6) is 0 Å². The molecule has 4 heteroatoms. The van der Waals surface area contributed by atoms with Crippen LogP contribution in [-0.2, 0) is 0 Å². The van der Waals surface area contributed by atoms with Crippen LogP contribution in [0, 0.1) is 6.92 Å². The summed E-state index contributed by atoms with van der Waals surface area (Å²) in [7, 11) is 0. The van der Waals surface area contributed by atoms with Crippen molar-refractivity contribution < 1.29 is 4.79 Å². The molecule has 0 spiro atoms. The number of hydrogen-bond donors (Lipinski definition) is 1. The number of nitrogens with zero attached hydrogens (tertiary/aromatic N) is 2. The van der Waals surface area contributed by atoms with Crippen molar-refractivity contribution in [1.29, 1.82) is 0 Å². The van der Waals surface area contributed by atoms with Crippen molar-refractivity contribution in [3.8, 4) is 0 Å². The number of aromatic nitrogens is 2. The first kappa shape index (κ1) is 11.6. The highest BCUT2D eigenvalue weighted by molar-refractivity contribution is 5.93. The molecule has 1 unspecified atom stereocenters. The second-order valence-electron chi connectivity index (χ2n) is 4.30. The molecule has 1 amide bonds. The smallest absolute Gasteiger partial charge is 0.271 e. The third-order valence-electron chi connectivity index (χ3n) is 2.92. The Morgan fingerprint density at radius 1 is 1.53 bits per heavy atom. The van der Waals surface area contributed by atoms with Crippen molar-refractivity contribution in [3.05, 3.63) is 35.8 Å².